The van der Waals surface area contributed by atoms with Crippen LogP contribution in [0, 0.1) is 0 Å². The van der Waals surface area contributed by atoms with E-state index in [0.29, 0.717) is 17.8 Å². The van der Waals surface area contributed by atoms with Crippen molar-refractivity contribution in [3.8, 4) is 51.5 Å². The van der Waals surface area contributed by atoms with Crippen molar-refractivity contribution in [3.05, 3.63) is 125 Å². The molecule has 0 spiro atoms. The number of hydrogen-bond acceptors (Lipinski definition) is 4. The summed E-state index contributed by atoms with van der Waals surface area (Å²) < 4.78 is 0. The molecule has 0 bridgehead atoms. The molecule has 3 aromatic carbocycles. The lowest BCUT2D eigenvalue weighted by Gasteiger charge is -2.27. The van der Waals surface area contributed by atoms with Gasteiger partial charge in [-0.2, -0.15) is 0 Å². The van der Waals surface area contributed by atoms with Gasteiger partial charge in [0.2, 0.25) is 6.71 Å². The van der Waals surface area contributed by atoms with Crippen LogP contribution in [0.15, 0.2) is 108 Å². The first kappa shape index (κ1) is 31.8. The number of benzene rings is 3. The van der Waals surface area contributed by atoms with Crippen molar-refractivity contribution in [2.45, 2.75) is 59.3 Å². The van der Waals surface area contributed by atoms with E-state index < -0.39 is 0 Å². The highest BCUT2D eigenvalue weighted by atomic mass is 32.1. The third-order valence-corrected chi connectivity index (χ3v) is 14.2. The summed E-state index contributed by atoms with van der Waals surface area (Å²) in [4.78, 5) is 8.04. The quantitative estimate of drug-likeness (QED) is 0.139. The van der Waals surface area contributed by atoms with Crippen LogP contribution in [-0.4, -0.2) is 6.71 Å². The zero-order valence-corrected chi connectivity index (χ0v) is 31.6. The second-order valence-corrected chi connectivity index (χ2v) is 18.0. The third kappa shape index (κ3) is 5.59. The van der Waals surface area contributed by atoms with Crippen molar-refractivity contribution < 1.29 is 0 Å². The van der Waals surface area contributed by atoms with Crippen molar-refractivity contribution in [3.63, 3.8) is 0 Å². The highest BCUT2D eigenvalue weighted by Gasteiger charge is 2.38. The standard InChI is InChI=1S/C43H39BS4/c1-25(2)30-21-33(26(3)4)43(34(22-30)27(5)6)44-35-23-28(37-15-17-41(47-37)39-9-7-19-45-39)11-13-31(35)32-14-12-29(24-36(32)44)38-16-18-42(48-38)40-10-8-20-46-40/h7-27H,1-6H3. The molecule has 4 aromatic heterocycles. The van der Waals surface area contributed by atoms with Gasteiger partial charge in [0, 0.05) is 29.3 Å². The van der Waals surface area contributed by atoms with Gasteiger partial charge < -0.3 is 0 Å². The summed E-state index contributed by atoms with van der Waals surface area (Å²) >= 11 is 7.44. The Morgan fingerprint density at radius 1 is 0.458 bits per heavy atom. The second kappa shape index (κ2) is 12.8. The number of fused-ring (bicyclic) bond motifs is 3. The monoisotopic (exact) mass is 694 g/mol. The van der Waals surface area contributed by atoms with Crippen molar-refractivity contribution >= 4 is 68.4 Å². The van der Waals surface area contributed by atoms with Gasteiger partial charge in [-0.3, -0.25) is 0 Å². The van der Waals surface area contributed by atoms with Crippen molar-refractivity contribution in [1.82, 2.24) is 0 Å². The Labute approximate surface area is 301 Å². The molecule has 0 radical (unpaired) electrons. The van der Waals surface area contributed by atoms with E-state index in [-0.39, 0.29) is 6.71 Å². The zero-order chi connectivity index (χ0) is 33.1. The zero-order valence-electron chi connectivity index (χ0n) is 28.3. The molecule has 0 atom stereocenters. The van der Waals surface area contributed by atoms with Crippen molar-refractivity contribution in [2.24, 2.45) is 0 Å². The molecule has 0 nitrogen and oxygen atoms in total. The van der Waals surface area contributed by atoms with E-state index >= 15 is 0 Å². The lowest BCUT2D eigenvalue weighted by Crippen LogP contribution is -2.52. The molecule has 0 amide bonds. The molecule has 0 saturated carbocycles. The summed E-state index contributed by atoms with van der Waals surface area (Å²) in [5.41, 5.74) is 14.2. The van der Waals surface area contributed by atoms with Crippen LogP contribution < -0.4 is 16.4 Å². The summed E-state index contributed by atoms with van der Waals surface area (Å²) in [6.07, 6.45) is 0. The van der Waals surface area contributed by atoms with Crippen LogP contribution in [0.4, 0.5) is 0 Å². The summed E-state index contributed by atoms with van der Waals surface area (Å²) in [6.45, 7) is 14.4. The van der Waals surface area contributed by atoms with Gasteiger partial charge in [-0.15, -0.1) is 45.3 Å². The average Bonchev–Trinajstić information content (AvgIpc) is 3.93. The van der Waals surface area contributed by atoms with Gasteiger partial charge in [0.15, 0.2) is 0 Å². The molecule has 5 heteroatoms. The SMILES string of the molecule is CC(C)c1cc(C(C)C)c(B2c3cc(-c4ccc(-c5cccs5)s4)ccc3-c3ccc(-c4ccc(-c5cccs5)s4)cc32)c(C(C)C)c1. The van der Waals surface area contributed by atoms with E-state index in [0.717, 1.165) is 0 Å². The van der Waals surface area contributed by atoms with Crippen LogP contribution in [0.25, 0.3) is 51.5 Å². The molecular formula is C43H39BS4. The van der Waals surface area contributed by atoms with E-state index in [2.05, 4.69) is 149 Å². The Hall–Kier alpha value is -3.48. The Kier molecular flexibility index (Phi) is 8.45. The van der Waals surface area contributed by atoms with E-state index in [1.807, 2.05) is 45.3 Å². The van der Waals surface area contributed by atoms with Gasteiger partial charge in [-0.05, 0) is 104 Å². The first-order chi connectivity index (χ1) is 23.3. The molecule has 48 heavy (non-hydrogen) atoms. The molecular weight excluding hydrogens is 656 g/mol. The fraction of sp³-hybridized carbons (Fsp3) is 0.209. The number of rotatable bonds is 8. The highest BCUT2D eigenvalue weighted by molar-refractivity contribution is 7.23. The van der Waals surface area contributed by atoms with Crippen LogP contribution in [0.5, 0.6) is 0 Å². The van der Waals surface area contributed by atoms with Crippen LogP contribution in [0.2, 0.25) is 0 Å². The minimum atomic E-state index is 0.180. The Bertz CT molecular complexity index is 2070. The number of thiophene rings is 4. The second-order valence-electron chi connectivity index (χ2n) is 13.9. The smallest absolute Gasteiger partial charge is 0.143 e. The van der Waals surface area contributed by atoms with Crippen molar-refractivity contribution in [2.75, 3.05) is 0 Å². The first-order valence-corrected chi connectivity index (χ1v) is 20.4. The van der Waals surface area contributed by atoms with Gasteiger partial charge in [0.05, 0.1) is 0 Å². The predicted molar refractivity (Wildman–Crippen MR) is 218 cm³/mol. The minimum absolute atomic E-state index is 0.180. The maximum absolute atomic E-state index is 2.53. The van der Waals surface area contributed by atoms with Gasteiger partial charge in [-0.25, -0.2) is 0 Å². The van der Waals surface area contributed by atoms with E-state index in [1.54, 1.807) is 0 Å². The van der Waals surface area contributed by atoms with Crippen molar-refractivity contribution in [1.29, 1.82) is 0 Å². The van der Waals surface area contributed by atoms with E-state index in [9.17, 15) is 0 Å². The molecule has 0 aliphatic carbocycles. The largest absolute Gasteiger partial charge is 0.243 e. The Balaban J connectivity index is 1.33. The number of hydrogen-bond donors (Lipinski definition) is 0. The topological polar surface area (TPSA) is 0 Å². The molecule has 0 unspecified atom stereocenters. The summed E-state index contributed by atoms with van der Waals surface area (Å²) in [5, 5.41) is 4.34. The van der Waals surface area contributed by atoms with Gasteiger partial charge in [0.1, 0.15) is 0 Å². The molecule has 238 valence electrons. The summed E-state index contributed by atoms with van der Waals surface area (Å²) in [6, 6.07) is 37.6. The average molecular weight is 695 g/mol. The minimum Gasteiger partial charge on any atom is -0.143 e. The van der Waals surface area contributed by atoms with Gasteiger partial charge >= 0.3 is 0 Å². The predicted octanol–water partition coefficient (Wildman–Crippen LogP) is 12.5. The first-order valence-electron chi connectivity index (χ1n) is 17.0. The summed E-state index contributed by atoms with van der Waals surface area (Å²) in [5.74, 6) is 1.33. The summed E-state index contributed by atoms with van der Waals surface area (Å²) in [7, 11) is 0. The normalized spacial score (nSPS) is 12.5. The highest BCUT2D eigenvalue weighted by Crippen LogP contribution is 2.40. The Morgan fingerprint density at radius 3 is 1.31 bits per heavy atom. The Morgan fingerprint density at radius 2 is 0.917 bits per heavy atom. The molecule has 1 aliphatic heterocycles. The molecule has 0 N–H and O–H groups in total. The van der Waals surface area contributed by atoms with Gasteiger partial charge in [0.25, 0.3) is 0 Å². The molecule has 1 aliphatic rings. The lowest BCUT2D eigenvalue weighted by atomic mass is 9.36. The third-order valence-electron chi connectivity index (χ3n) is 9.79. The fourth-order valence-corrected chi connectivity index (χ4v) is 11.0. The van der Waals surface area contributed by atoms with Crippen LogP contribution in [-0.2, 0) is 0 Å². The lowest BCUT2D eigenvalue weighted by molar-refractivity contribution is 0.812. The molecule has 0 saturated heterocycles. The molecule has 8 rings (SSSR count). The van der Waals surface area contributed by atoms with Crippen LogP contribution in [0.1, 0.15) is 76.0 Å². The fourth-order valence-electron chi connectivity index (χ4n) is 7.31. The van der Waals surface area contributed by atoms with Crippen LogP contribution in [0.3, 0.4) is 0 Å². The maximum atomic E-state index is 2.53. The molecule has 0 fully saturated rings. The van der Waals surface area contributed by atoms with Gasteiger partial charge in [-0.1, -0.05) is 119 Å². The molecule has 7 aromatic rings. The van der Waals surface area contributed by atoms with E-state index in [4.69, 9.17) is 0 Å². The molecule has 5 heterocycles. The van der Waals surface area contributed by atoms with E-state index in [1.165, 1.54) is 84.6 Å². The maximum Gasteiger partial charge on any atom is 0.243 e. The van der Waals surface area contributed by atoms with Crippen LogP contribution >= 0.6 is 45.3 Å².